The third kappa shape index (κ3) is 2.47. The van der Waals surface area contributed by atoms with Crippen molar-refractivity contribution in [3.8, 4) is 0 Å². The second-order valence-corrected chi connectivity index (χ2v) is 5.05. The predicted molar refractivity (Wildman–Crippen MR) is 56.9 cm³/mol. The molecule has 0 aliphatic heterocycles. The highest BCUT2D eigenvalue weighted by molar-refractivity contribution is 4.93. The summed E-state index contributed by atoms with van der Waals surface area (Å²) >= 11 is 0. The highest BCUT2D eigenvalue weighted by Crippen LogP contribution is 2.35. The summed E-state index contributed by atoms with van der Waals surface area (Å²) in [6.07, 6.45) is 5.24. The van der Waals surface area contributed by atoms with Crippen LogP contribution in [0.3, 0.4) is 0 Å². The Balaban J connectivity index is 1.82. The summed E-state index contributed by atoms with van der Waals surface area (Å²) in [7, 11) is 2.10. The first kappa shape index (κ1) is 10.4. The topological polar surface area (TPSA) is 49.5 Å². The van der Waals surface area contributed by atoms with Crippen molar-refractivity contribution in [2.75, 3.05) is 20.2 Å². The lowest BCUT2D eigenvalue weighted by Gasteiger charge is -2.31. The van der Waals surface area contributed by atoms with Gasteiger partial charge >= 0.3 is 0 Å². The van der Waals surface area contributed by atoms with Crippen molar-refractivity contribution in [3.63, 3.8) is 0 Å². The van der Waals surface area contributed by atoms with Crippen LogP contribution in [-0.2, 0) is 0 Å². The van der Waals surface area contributed by atoms with Crippen molar-refractivity contribution in [1.82, 2.24) is 4.90 Å². The molecule has 0 saturated heterocycles. The molecule has 3 N–H and O–H groups in total. The summed E-state index contributed by atoms with van der Waals surface area (Å²) in [6, 6.07) is 0.367. The summed E-state index contributed by atoms with van der Waals surface area (Å²) in [5.41, 5.74) is 6.13. The van der Waals surface area contributed by atoms with E-state index in [0.29, 0.717) is 5.92 Å². The minimum absolute atomic E-state index is 0.183. The van der Waals surface area contributed by atoms with Gasteiger partial charge in [0.25, 0.3) is 0 Å². The van der Waals surface area contributed by atoms with Gasteiger partial charge < -0.3 is 10.8 Å². The van der Waals surface area contributed by atoms with Gasteiger partial charge in [0.2, 0.25) is 0 Å². The zero-order valence-electron chi connectivity index (χ0n) is 9.02. The Morgan fingerprint density at radius 1 is 1.36 bits per heavy atom. The number of nitrogens with zero attached hydrogens (tertiary/aromatic N) is 1. The lowest BCUT2D eigenvalue weighted by atomic mass is 10.0. The number of likely N-dealkylation sites (N-methyl/N-ethyl adjacent to an activating group) is 1. The van der Waals surface area contributed by atoms with Crippen molar-refractivity contribution in [2.24, 2.45) is 17.6 Å². The van der Waals surface area contributed by atoms with Crippen molar-refractivity contribution >= 4 is 0 Å². The van der Waals surface area contributed by atoms with E-state index in [1.54, 1.807) is 0 Å². The molecule has 0 heterocycles. The molecule has 2 atom stereocenters. The molecular weight excluding hydrogens is 176 g/mol. The Morgan fingerprint density at radius 2 is 2.00 bits per heavy atom. The number of hydrogen-bond acceptors (Lipinski definition) is 3. The van der Waals surface area contributed by atoms with E-state index < -0.39 is 0 Å². The predicted octanol–water partition coefficient (Wildman–Crippen LogP) is 0.426. The summed E-state index contributed by atoms with van der Waals surface area (Å²) in [5, 5.41) is 9.36. The Kier molecular flexibility index (Phi) is 3.10. The van der Waals surface area contributed by atoms with Crippen LogP contribution in [0.15, 0.2) is 0 Å². The molecular formula is C11H22N2O. The summed E-state index contributed by atoms with van der Waals surface area (Å²) in [4.78, 5) is 2.26. The first-order valence-electron chi connectivity index (χ1n) is 5.79. The molecule has 2 fully saturated rings. The third-order valence-electron chi connectivity index (χ3n) is 3.61. The number of aliphatic hydroxyl groups is 1. The van der Waals surface area contributed by atoms with Gasteiger partial charge in [-0.05, 0) is 44.6 Å². The SMILES string of the molecule is CN(CC1CC1)C(CO)C(N)C1CC1. The molecule has 2 rings (SSSR count). The Hall–Kier alpha value is -0.120. The van der Waals surface area contributed by atoms with Gasteiger partial charge in [-0.15, -0.1) is 0 Å². The molecule has 0 radical (unpaired) electrons. The zero-order chi connectivity index (χ0) is 10.1. The summed E-state index contributed by atoms with van der Waals surface area (Å²) < 4.78 is 0. The molecule has 0 aromatic heterocycles. The molecule has 2 aliphatic carbocycles. The number of aliphatic hydroxyl groups excluding tert-OH is 1. The molecule has 2 saturated carbocycles. The molecule has 0 aromatic carbocycles. The molecule has 0 bridgehead atoms. The van der Waals surface area contributed by atoms with Crippen LogP contribution < -0.4 is 5.73 Å². The zero-order valence-corrected chi connectivity index (χ0v) is 9.02. The first-order chi connectivity index (χ1) is 6.72. The number of hydrogen-bond donors (Lipinski definition) is 2. The van der Waals surface area contributed by atoms with E-state index in [4.69, 9.17) is 5.73 Å². The van der Waals surface area contributed by atoms with Crippen LogP contribution >= 0.6 is 0 Å². The standard InChI is InChI=1S/C11H22N2O/c1-13(6-8-2-3-8)10(7-14)11(12)9-4-5-9/h8-11,14H,2-7,12H2,1H3. The minimum atomic E-state index is 0.183. The van der Waals surface area contributed by atoms with Gasteiger partial charge in [0.1, 0.15) is 0 Å². The molecule has 3 heteroatoms. The molecule has 14 heavy (non-hydrogen) atoms. The van der Waals surface area contributed by atoms with Crippen LogP contribution in [0.25, 0.3) is 0 Å². The second kappa shape index (κ2) is 4.17. The van der Waals surface area contributed by atoms with E-state index in [1.165, 1.54) is 25.7 Å². The second-order valence-electron chi connectivity index (χ2n) is 5.05. The van der Waals surface area contributed by atoms with E-state index in [9.17, 15) is 5.11 Å². The fourth-order valence-corrected chi connectivity index (χ4v) is 2.19. The third-order valence-corrected chi connectivity index (χ3v) is 3.61. The van der Waals surface area contributed by atoms with Gasteiger partial charge in [0.15, 0.2) is 0 Å². The van der Waals surface area contributed by atoms with E-state index >= 15 is 0 Å². The molecule has 0 amide bonds. The molecule has 0 aromatic rings. The average molecular weight is 198 g/mol. The van der Waals surface area contributed by atoms with Crippen molar-refractivity contribution in [2.45, 2.75) is 37.8 Å². The van der Waals surface area contributed by atoms with Gasteiger partial charge in [0.05, 0.1) is 6.61 Å². The van der Waals surface area contributed by atoms with Crippen LogP contribution in [0.2, 0.25) is 0 Å². The van der Waals surface area contributed by atoms with E-state index in [2.05, 4.69) is 11.9 Å². The van der Waals surface area contributed by atoms with Crippen LogP contribution in [0.1, 0.15) is 25.7 Å². The van der Waals surface area contributed by atoms with Gasteiger partial charge in [-0.3, -0.25) is 4.90 Å². The van der Waals surface area contributed by atoms with Gasteiger partial charge in [0, 0.05) is 18.6 Å². The lowest BCUT2D eigenvalue weighted by molar-refractivity contribution is 0.116. The average Bonchev–Trinajstić information content (AvgIpc) is 3.00. The smallest absolute Gasteiger partial charge is 0.0601 e. The van der Waals surface area contributed by atoms with Crippen LogP contribution in [0, 0.1) is 11.8 Å². The van der Waals surface area contributed by atoms with Crippen molar-refractivity contribution < 1.29 is 5.11 Å². The van der Waals surface area contributed by atoms with Crippen LogP contribution in [0.5, 0.6) is 0 Å². The monoisotopic (exact) mass is 198 g/mol. The lowest BCUT2D eigenvalue weighted by Crippen LogP contribution is -2.50. The Morgan fingerprint density at radius 3 is 2.43 bits per heavy atom. The fourth-order valence-electron chi connectivity index (χ4n) is 2.19. The number of rotatable bonds is 6. The number of nitrogens with two attached hydrogens (primary N) is 1. The van der Waals surface area contributed by atoms with Gasteiger partial charge in [-0.1, -0.05) is 0 Å². The van der Waals surface area contributed by atoms with Gasteiger partial charge in [-0.25, -0.2) is 0 Å². The molecule has 2 unspecified atom stereocenters. The molecule has 0 spiro atoms. The Bertz CT molecular complexity index is 190. The molecule has 3 nitrogen and oxygen atoms in total. The van der Waals surface area contributed by atoms with Crippen molar-refractivity contribution in [1.29, 1.82) is 0 Å². The van der Waals surface area contributed by atoms with Gasteiger partial charge in [-0.2, -0.15) is 0 Å². The first-order valence-corrected chi connectivity index (χ1v) is 5.79. The summed E-state index contributed by atoms with van der Waals surface area (Å²) in [6.45, 7) is 1.33. The highest BCUT2D eigenvalue weighted by Gasteiger charge is 2.36. The fraction of sp³-hybridized carbons (Fsp3) is 1.00. The van der Waals surface area contributed by atoms with Crippen LogP contribution in [-0.4, -0.2) is 42.3 Å². The maximum absolute atomic E-state index is 9.36. The Labute approximate surface area is 86.3 Å². The quantitative estimate of drug-likeness (QED) is 0.650. The molecule has 2 aliphatic rings. The normalized spacial score (nSPS) is 26.6. The van der Waals surface area contributed by atoms with E-state index in [1.807, 2.05) is 0 Å². The minimum Gasteiger partial charge on any atom is -0.395 e. The maximum atomic E-state index is 9.36. The van der Waals surface area contributed by atoms with E-state index in [-0.39, 0.29) is 18.7 Å². The molecule has 82 valence electrons. The largest absolute Gasteiger partial charge is 0.395 e. The maximum Gasteiger partial charge on any atom is 0.0601 e. The summed E-state index contributed by atoms with van der Waals surface area (Å²) in [5.74, 6) is 1.55. The van der Waals surface area contributed by atoms with E-state index in [0.717, 1.165) is 12.5 Å². The van der Waals surface area contributed by atoms with Crippen LogP contribution in [0.4, 0.5) is 0 Å². The highest BCUT2D eigenvalue weighted by atomic mass is 16.3. The van der Waals surface area contributed by atoms with Crippen molar-refractivity contribution in [3.05, 3.63) is 0 Å².